The Bertz CT molecular complexity index is 677. The van der Waals surface area contributed by atoms with E-state index in [4.69, 9.17) is 4.74 Å². The maximum Gasteiger partial charge on any atom is 0.250 e. The predicted molar refractivity (Wildman–Crippen MR) is 84.3 cm³/mol. The van der Waals surface area contributed by atoms with Crippen LogP contribution in [0.25, 0.3) is 6.08 Å². The second kappa shape index (κ2) is 6.47. The first kappa shape index (κ1) is 14.4. The number of hydrogen-bond acceptors (Lipinski definition) is 3. The third-order valence-corrected chi connectivity index (χ3v) is 3.62. The lowest BCUT2D eigenvalue weighted by Crippen LogP contribution is -2.33. The Morgan fingerprint density at radius 2 is 2.32 bits per heavy atom. The number of amides is 1. The Morgan fingerprint density at radius 1 is 1.45 bits per heavy atom. The van der Waals surface area contributed by atoms with Gasteiger partial charge in [0.1, 0.15) is 12.4 Å². The number of hydrogen-bond donors (Lipinski definition) is 1. The lowest BCUT2D eigenvalue weighted by Gasteiger charge is -2.18. The van der Waals surface area contributed by atoms with Gasteiger partial charge in [-0.3, -0.25) is 4.79 Å². The molecule has 1 aliphatic heterocycles. The Labute approximate surface area is 129 Å². The number of nitrogens with one attached hydrogen (secondary N) is 1. The van der Waals surface area contributed by atoms with Gasteiger partial charge in [-0.2, -0.15) is 0 Å². The van der Waals surface area contributed by atoms with Crippen molar-refractivity contribution in [3.63, 3.8) is 0 Å². The summed E-state index contributed by atoms with van der Waals surface area (Å²) >= 11 is 0. The van der Waals surface area contributed by atoms with Gasteiger partial charge in [0.05, 0.1) is 11.9 Å². The first-order valence-electron chi connectivity index (χ1n) is 7.38. The van der Waals surface area contributed by atoms with Gasteiger partial charge in [-0.15, -0.1) is 0 Å². The highest BCUT2D eigenvalue weighted by Gasteiger charge is 2.17. The summed E-state index contributed by atoms with van der Waals surface area (Å²) < 4.78 is 7.62. The Kier molecular flexibility index (Phi) is 4.23. The number of rotatable bonds is 5. The van der Waals surface area contributed by atoms with E-state index in [0.29, 0.717) is 24.6 Å². The molecule has 2 heterocycles. The molecule has 0 bridgehead atoms. The topological polar surface area (TPSA) is 56.1 Å². The Balaban J connectivity index is 1.55. The van der Waals surface area contributed by atoms with E-state index in [1.54, 1.807) is 12.5 Å². The molecule has 0 aliphatic carbocycles. The van der Waals surface area contributed by atoms with Crippen LogP contribution < -0.4 is 10.1 Å². The highest BCUT2D eigenvalue weighted by molar-refractivity contribution is 5.99. The highest BCUT2D eigenvalue weighted by atomic mass is 16.5. The van der Waals surface area contributed by atoms with Crippen molar-refractivity contribution < 1.29 is 9.53 Å². The second-order valence-corrected chi connectivity index (χ2v) is 5.57. The van der Waals surface area contributed by atoms with Crippen LogP contribution in [-0.4, -0.2) is 28.6 Å². The molecule has 3 rings (SSSR count). The van der Waals surface area contributed by atoms with Crippen molar-refractivity contribution in [2.45, 2.75) is 13.5 Å². The van der Waals surface area contributed by atoms with Gasteiger partial charge in [0.15, 0.2) is 0 Å². The second-order valence-electron chi connectivity index (χ2n) is 5.57. The summed E-state index contributed by atoms with van der Waals surface area (Å²) in [6.45, 7) is 3.87. The fourth-order valence-corrected chi connectivity index (χ4v) is 2.45. The Hall–Kier alpha value is -2.56. The molecule has 0 saturated heterocycles. The maximum absolute atomic E-state index is 12.2. The van der Waals surface area contributed by atoms with Crippen LogP contribution in [0.3, 0.4) is 0 Å². The molecule has 2 aromatic rings. The molecule has 1 unspecified atom stereocenters. The number of fused-ring (bicyclic) bond motifs is 1. The fourth-order valence-electron chi connectivity index (χ4n) is 2.45. The molecule has 5 nitrogen and oxygen atoms in total. The normalized spacial score (nSPS) is 14.5. The first-order valence-corrected chi connectivity index (χ1v) is 7.38. The van der Waals surface area contributed by atoms with Crippen molar-refractivity contribution in [1.82, 2.24) is 14.9 Å². The summed E-state index contributed by atoms with van der Waals surface area (Å²) in [6, 6.07) is 7.72. The van der Waals surface area contributed by atoms with E-state index in [0.717, 1.165) is 17.9 Å². The third kappa shape index (κ3) is 3.36. The standard InChI is InChI=1S/C17H19N3O2/c1-13(10-20-7-6-18-12-20)9-19-17(21)15-8-14-4-2-3-5-16(14)22-11-15/h2-8,12-13H,9-11H2,1H3,(H,19,21). The number of carbonyl (C=O) groups excluding carboxylic acids is 1. The van der Waals surface area contributed by atoms with Crippen molar-refractivity contribution in [3.8, 4) is 5.75 Å². The number of ether oxygens (including phenoxy) is 1. The van der Waals surface area contributed by atoms with Crippen LogP contribution in [-0.2, 0) is 11.3 Å². The van der Waals surface area contributed by atoms with Gasteiger partial charge in [-0.1, -0.05) is 25.1 Å². The molecular weight excluding hydrogens is 278 g/mol. The van der Waals surface area contributed by atoms with E-state index < -0.39 is 0 Å². The molecule has 1 aromatic heterocycles. The predicted octanol–water partition coefficient (Wildman–Crippen LogP) is 2.11. The Morgan fingerprint density at radius 3 is 3.14 bits per heavy atom. The van der Waals surface area contributed by atoms with Crippen LogP contribution in [0.15, 0.2) is 48.6 Å². The van der Waals surface area contributed by atoms with E-state index in [9.17, 15) is 4.79 Å². The van der Waals surface area contributed by atoms with Crippen molar-refractivity contribution in [3.05, 3.63) is 54.1 Å². The largest absolute Gasteiger partial charge is 0.488 e. The molecule has 0 fully saturated rings. The van der Waals surface area contributed by atoms with Crippen LogP contribution in [0.1, 0.15) is 12.5 Å². The number of aromatic nitrogens is 2. The van der Waals surface area contributed by atoms with Gasteiger partial charge < -0.3 is 14.6 Å². The molecule has 0 radical (unpaired) electrons. The fraction of sp³-hybridized carbons (Fsp3) is 0.294. The van der Waals surface area contributed by atoms with Gasteiger partial charge in [0.2, 0.25) is 0 Å². The summed E-state index contributed by atoms with van der Waals surface area (Å²) in [5, 5.41) is 2.97. The van der Waals surface area contributed by atoms with Gasteiger partial charge in [0, 0.05) is 31.0 Å². The SMILES string of the molecule is CC(CNC(=O)C1=Cc2ccccc2OC1)Cn1ccnc1. The van der Waals surface area contributed by atoms with Crippen LogP contribution in [0.2, 0.25) is 0 Å². The number of carbonyl (C=O) groups is 1. The lowest BCUT2D eigenvalue weighted by molar-refractivity contribution is -0.117. The summed E-state index contributed by atoms with van der Waals surface area (Å²) in [5.74, 6) is 1.09. The molecule has 1 aliphatic rings. The average Bonchev–Trinajstić information content (AvgIpc) is 3.05. The minimum atomic E-state index is -0.0630. The molecule has 5 heteroatoms. The van der Waals surface area contributed by atoms with E-state index in [1.807, 2.05) is 41.1 Å². The minimum absolute atomic E-state index is 0.0630. The zero-order valence-electron chi connectivity index (χ0n) is 12.5. The van der Waals surface area contributed by atoms with Crippen molar-refractivity contribution in [2.75, 3.05) is 13.2 Å². The molecule has 0 saturated carbocycles. The number of imidazole rings is 1. The van der Waals surface area contributed by atoms with Crippen molar-refractivity contribution in [1.29, 1.82) is 0 Å². The molecule has 1 amide bonds. The summed E-state index contributed by atoms with van der Waals surface area (Å²) in [5.41, 5.74) is 1.61. The molecular formula is C17H19N3O2. The molecule has 114 valence electrons. The highest BCUT2D eigenvalue weighted by Crippen LogP contribution is 2.25. The zero-order chi connectivity index (χ0) is 15.4. The quantitative estimate of drug-likeness (QED) is 0.919. The lowest BCUT2D eigenvalue weighted by atomic mass is 10.1. The van der Waals surface area contributed by atoms with E-state index in [2.05, 4.69) is 17.2 Å². The van der Waals surface area contributed by atoms with E-state index in [-0.39, 0.29) is 5.91 Å². The number of nitrogens with zero attached hydrogens (tertiary/aromatic N) is 2. The summed E-state index contributed by atoms with van der Waals surface area (Å²) in [6.07, 6.45) is 7.36. The average molecular weight is 297 g/mol. The molecule has 1 N–H and O–H groups in total. The van der Waals surface area contributed by atoms with Crippen LogP contribution in [0, 0.1) is 5.92 Å². The molecule has 0 spiro atoms. The maximum atomic E-state index is 12.2. The number of para-hydroxylation sites is 1. The molecule has 1 atom stereocenters. The van der Waals surface area contributed by atoms with Gasteiger partial charge in [-0.05, 0) is 18.1 Å². The monoisotopic (exact) mass is 297 g/mol. The van der Waals surface area contributed by atoms with E-state index in [1.165, 1.54) is 0 Å². The minimum Gasteiger partial charge on any atom is -0.488 e. The smallest absolute Gasteiger partial charge is 0.250 e. The van der Waals surface area contributed by atoms with Crippen molar-refractivity contribution >= 4 is 12.0 Å². The third-order valence-electron chi connectivity index (χ3n) is 3.62. The van der Waals surface area contributed by atoms with Crippen LogP contribution >= 0.6 is 0 Å². The molecule has 1 aromatic carbocycles. The number of benzene rings is 1. The van der Waals surface area contributed by atoms with Gasteiger partial charge in [0.25, 0.3) is 5.91 Å². The van der Waals surface area contributed by atoms with Crippen molar-refractivity contribution in [2.24, 2.45) is 5.92 Å². The zero-order valence-corrected chi connectivity index (χ0v) is 12.5. The van der Waals surface area contributed by atoms with E-state index >= 15 is 0 Å². The first-order chi connectivity index (χ1) is 10.7. The summed E-state index contributed by atoms with van der Waals surface area (Å²) in [4.78, 5) is 16.3. The molecule has 22 heavy (non-hydrogen) atoms. The van der Waals surface area contributed by atoms with Gasteiger partial charge in [-0.25, -0.2) is 4.98 Å². The van der Waals surface area contributed by atoms with Gasteiger partial charge >= 0.3 is 0 Å². The summed E-state index contributed by atoms with van der Waals surface area (Å²) in [7, 11) is 0. The van der Waals surface area contributed by atoms with Crippen LogP contribution in [0.5, 0.6) is 5.75 Å². The van der Waals surface area contributed by atoms with Crippen LogP contribution in [0.4, 0.5) is 0 Å².